The highest BCUT2D eigenvalue weighted by molar-refractivity contribution is 5.76. The molecule has 0 saturated carbocycles. The van der Waals surface area contributed by atoms with Gasteiger partial charge in [0.25, 0.3) is 5.56 Å². The molecule has 1 aliphatic rings. The summed E-state index contributed by atoms with van der Waals surface area (Å²) in [7, 11) is 3.66. The fourth-order valence-corrected chi connectivity index (χ4v) is 2.74. The maximum atomic E-state index is 12.3. The van der Waals surface area contributed by atoms with Crippen LogP contribution in [-0.4, -0.2) is 57.7 Å². The maximum Gasteiger partial charge on any atom is 0.252 e. The summed E-state index contributed by atoms with van der Waals surface area (Å²) in [5, 5.41) is 4.05. The Hall–Kier alpha value is -2.64. The summed E-state index contributed by atoms with van der Waals surface area (Å²) in [5.41, 5.74) is 0.576. The molecule has 1 unspecified atom stereocenters. The Balaban J connectivity index is 1.70. The number of rotatable bonds is 4. The molecule has 0 radical (unpaired) electrons. The van der Waals surface area contributed by atoms with Crippen molar-refractivity contribution < 1.29 is 4.79 Å². The Labute approximate surface area is 133 Å². The first kappa shape index (κ1) is 15.3. The SMILES string of the molecule is CN(C)c1nc(C2CCN(C(=O)Cn3cccn3)C2)cc(=O)[nH]1. The number of hydrogen-bond acceptors (Lipinski definition) is 5. The summed E-state index contributed by atoms with van der Waals surface area (Å²) in [4.78, 5) is 34.9. The molecule has 2 aromatic heterocycles. The number of hydrogen-bond donors (Lipinski definition) is 1. The number of anilines is 1. The summed E-state index contributed by atoms with van der Waals surface area (Å²) >= 11 is 0. The van der Waals surface area contributed by atoms with Gasteiger partial charge in [-0.25, -0.2) is 4.98 Å². The number of nitrogens with zero attached hydrogens (tertiary/aromatic N) is 5. The van der Waals surface area contributed by atoms with Crippen LogP contribution in [0, 0.1) is 0 Å². The van der Waals surface area contributed by atoms with Crippen molar-refractivity contribution in [2.75, 3.05) is 32.1 Å². The van der Waals surface area contributed by atoms with E-state index in [1.807, 2.05) is 19.0 Å². The van der Waals surface area contributed by atoms with Crippen molar-refractivity contribution in [2.24, 2.45) is 0 Å². The van der Waals surface area contributed by atoms with Crippen molar-refractivity contribution in [1.82, 2.24) is 24.6 Å². The van der Waals surface area contributed by atoms with E-state index in [1.54, 1.807) is 28.0 Å². The minimum atomic E-state index is -0.167. The number of amides is 1. The fourth-order valence-electron chi connectivity index (χ4n) is 2.74. The van der Waals surface area contributed by atoms with Gasteiger partial charge in [0.2, 0.25) is 11.9 Å². The second-order valence-electron chi connectivity index (χ2n) is 5.92. The zero-order valence-corrected chi connectivity index (χ0v) is 13.3. The molecule has 2 aromatic rings. The third-order valence-electron chi connectivity index (χ3n) is 3.99. The monoisotopic (exact) mass is 316 g/mol. The highest BCUT2D eigenvalue weighted by Gasteiger charge is 2.28. The van der Waals surface area contributed by atoms with Crippen LogP contribution < -0.4 is 10.5 Å². The largest absolute Gasteiger partial charge is 0.348 e. The van der Waals surface area contributed by atoms with Crippen LogP contribution in [0.15, 0.2) is 29.3 Å². The molecule has 122 valence electrons. The first-order chi connectivity index (χ1) is 11.0. The molecule has 0 aromatic carbocycles. The van der Waals surface area contributed by atoms with Crippen molar-refractivity contribution in [1.29, 1.82) is 0 Å². The van der Waals surface area contributed by atoms with Gasteiger partial charge in [0.05, 0.1) is 5.69 Å². The number of carbonyl (C=O) groups is 1. The van der Waals surface area contributed by atoms with E-state index in [-0.39, 0.29) is 23.9 Å². The van der Waals surface area contributed by atoms with Gasteiger partial charge < -0.3 is 9.80 Å². The quantitative estimate of drug-likeness (QED) is 0.861. The van der Waals surface area contributed by atoms with Gasteiger partial charge >= 0.3 is 0 Å². The van der Waals surface area contributed by atoms with E-state index in [9.17, 15) is 9.59 Å². The van der Waals surface area contributed by atoms with Crippen LogP contribution in [-0.2, 0) is 11.3 Å². The molecule has 23 heavy (non-hydrogen) atoms. The fraction of sp³-hybridized carbons (Fsp3) is 0.467. The molecule has 0 spiro atoms. The van der Waals surface area contributed by atoms with Gasteiger partial charge in [0.1, 0.15) is 6.54 Å². The number of H-pyrrole nitrogens is 1. The predicted octanol–water partition coefficient (Wildman–Crippen LogP) is 0.0485. The van der Waals surface area contributed by atoms with Crippen LogP contribution in [0.2, 0.25) is 0 Å². The highest BCUT2D eigenvalue weighted by Crippen LogP contribution is 2.25. The Morgan fingerprint density at radius 1 is 1.48 bits per heavy atom. The lowest BCUT2D eigenvalue weighted by atomic mass is 10.1. The summed E-state index contributed by atoms with van der Waals surface area (Å²) in [5.74, 6) is 0.667. The average Bonchev–Trinajstić information content (AvgIpc) is 3.17. The predicted molar refractivity (Wildman–Crippen MR) is 85.3 cm³/mol. The lowest BCUT2D eigenvalue weighted by Gasteiger charge is -2.17. The zero-order valence-electron chi connectivity index (χ0n) is 13.3. The number of likely N-dealkylation sites (tertiary alicyclic amines) is 1. The molecule has 1 N–H and O–H groups in total. The molecule has 1 amide bonds. The molecule has 3 heterocycles. The molecule has 1 aliphatic heterocycles. The van der Waals surface area contributed by atoms with E-state index in [2.05, 4.69) is 15.1 Å². The molecule has 1 atom stereocenters. The van der Waals surface area contributed by atoms with Crippen LogP contribution in [0.5, 0.6) is 0 Å². The summed E-state index contributed by atoms with van der Waals surface area (Å²) < 4.78 is 1.62. The highest BCUT2D eigenvalue weighted by atomic mass is 16.2. The lowest BCUT2D eigenvalue weighted by Crippen LogP contribution is -2.32. The topological polar surface area (TPSA) is 87.1 Å². The van der Waals surface area contributed by atoms with Crippen molar-refractivity contribution in [2.45, 2.75) is 18.9 Å². The second-order valence-corrected chi connectivity index (χ2v) is 5.92. The van der Waals surface area contributed by atoms with Gasteiger partial charge in [-0.2, -0.15) is 5.10 Å². The standard InChI is InChI=1S/C15H20N6O2/c1-19(2)15-17-12(8-13(22)18-15)11-4-7-20(9-11)14(23)10-21-6-3-5-16-21/h3,5-6,8,11H,4,7,9-10H2,1-2H3,(H,17,18,22). The molecule has 8 heteroatoms. The van der Waals surface area contributed by atoms with E-state index in [1.165, 1.54) is 6.07 Å². The van der Waals surface area contributed by atoms with Gasteiger partial charge in [0, 0.05) is 51.6 Å². The van der Waals surface area contributed by atoms with E-state index < -0.39 is 0 Å². The van der Waals surface area contributed by atoms with Crippen LogP contribution in [0.1, 0.15) is 18.0 Å². The first-order valence-corrected chi connectivity index (χ1v) is 7.56. The summed E-state index contributed by atoms with van der Waals surface area (Å²) in [6.07, 6.45) is 4.24. The average molecular weight is 316 g/mol. The van der Waals surface area contributed by atoms with Crippen LogP contribution in [0.3, 0.4) is 0 Å². The van der Waals surface area contributed by atoms with Gasteiger partial charge in [-0.3, -0.25) is 19.3 Å². The third-order valence-corrected chi connectivity index (χ3v) is 3.99. The van der Waals surface area contributed by atoms with E-state index in [0.29, 0.717) is 19.0 Å². The van der Waals surface area contributed by atoms with Crippen molar-refractivity contribution in [3.8, 4) is 0 Å². The molecular weight excluding hydrogens is 296 g/mol. The van der Waals surface area contributed by atoms with Gasteiger partial charge in [-0.05, 0) is 12.5 Å². The Bertz CT molecular complexity index is 737. The Morgan fingerprint density at radius 3 is 3.00 bits per heavy atom. The summed E-state index contributed by atoms with van der Waals surface area (Å²) in [6, 6.07) is 3.32. The van der Waals surface area contributed by atoms with Crippen molar-refractivity contribution >= 4 is 11.9 Å². The molecule has 0 aliphatic carbocycles. The minimum Gasteiger partial charge on any atom is -0.348 e. The maximum absolute atomic E-state index is 12.3. The van der Waals surface area contributed by atoms with Crippen molar-refractivity contribution in [3.05, 3.63) is 40.6 Å². The number of carbonyl (C=O) groups excluding carboxylic acids is 1. The molecule has 0 bridgehead atoms. The van der Waals surface area contributed by atoms with Crippen LogP contribution in [0.4, 0.5) is 5.95 Å². The molecule has 1 saturated heterocycles. The molecular formula is C15H20N6O2. The lowest BCUT2D eigenvalue weighted by molar-refractivity contribution is -0.131. The van der Waals surface area contributed by atoms with Crippen LogP contribution >= 0.6 is 0 Å². The molecule has 8 nitrogen and oxygen atoms in total. The zero-order chi connectivity index (χ0) is 16.4. The third kappa shape index (κ3) is 3.41. The smallest absolute Gasteiger partial charge is 0.252 e. The van der Waals surface area contributed by atoms with Gasteiger partial charge in [-0.15, -0.1) is 0 Å². The first-order valence-electron chi connectivity index (χ1n) is 7.56. The Morgan fingerprint density at radius 2 is 2.30 bits per heavy atom. The molecule has 3 rings (SSSR count). The van der Waals surface area contributed by atoms with E-state index in [0.717, 1.165) is 12.1 Å². The normalized spacial score (nSPS) is 17.5. The van der Waals surface area contributed by atoms with Crippen LogP contribution in [0.25, 0.3) is 0 Å². The molecule has 1 fully saturated rings. The minimum absolute atomic E-state index is 0.0360. The van der Waals surface area contributed by atoms with Gasteiger partial charge in [0.15, 0.2) is 0 Å². The second kappa shape index (κ2) is 6.23. The van der Waals surface area contributed by atoms with E-state index in [4.69, 9.17) is 0 Å². The Kier molecular flexibility index (Phi) is 4.14. The van der Waals surface area contributed by atoms with Crippen molar-refractivity contribution in [3.63, 3.8) is 0 Å². The number of nitrogens with one attached hydrogen (secondary N) is 1. The number of aromatic nitrogens is 4. The van der Waals surface area contributed by atoms with E-state index >= 15 is 0 Å². The summed E-state index contributed by atoms with van der Waals surface area (Å²) in [6.45, 7) is 1.51. The van der Waals surface area contributed by atoms with Gasteiger partial charge in [-0.1, -0.05) is 0 Å². The number of aromatic amines is 1.